The number of pyridine rings is 1. The van der Waals surface area contributed by atoms with Gasteiger partial charge in [0.25, 0.3) is 5.91 Å². The van der Waals surface area contributed by atoms with Crippen LogP contribution >= 0.6 is 35.0 Å². The SMILES string of the molecule is N#Cc1cccc(S(=O)(=O)N2C[C@H](SC3CCCC3)C[C@H]2C(=O)OC(=O)[C@@H](N)Cc2ccc(NC(=O)c3c(Cl)cncc3Cl)cc2)c1. The van der Waals surface area contributed by atoms with E-state index in [1.165, 1.54) is 36.7 Å². The zero-order valence-electron chi connectivity index (χ0n) is 25.0. The average molecular weight is 717 g/mol. The summed E-state index contributed by atoms with van der Waals surface area (Å²) in [5.74, 6) is -2.52. The molecule has 1 saturated carbocycles. The maximum atomic E-state index is 13.7. The van der Waals surface area contributed by atoms with Crippen LogP contribution in [0.2, 0.25) is 10.0 Å². The number of hydrogen-bond donors (Lipinski definition) is 2. The summed E-state index contributed by atoms with van der Waals surface area (Å²) in [5.41, 5.74) is 7.40. The van der Waals surface area contributed by atoms with Crippen LogP contribution in [-0.4, -0.2) is 64.7 Å². The molecule has 47 heavy (non-hydrogen) atoms. The number of carbonyl (C=O) groups is 3. The van der Waals surface area contributed by atoms with E-state index in [1.54, 1.807) is 36.0 Å². The number of amides is 1. The van der Waals surface area contributed by atoms with Gasteiger partial charge < -0.3 is 15.8 Å². The normalized spacial score (nSPS) is 19.2. The van der Waals surface area contributed by atoms with Crippen molar-refractivity contribution in [3.63, 3.8) is 0 Å². The van der Waals surface area contributed by atoms with Crippen molar-refractivity contribution in [2.75, 3.05) is 11.9 Å². The van der Waals surface area contributed by atoms with Gasteiger partial charge in [0.05, 0.1) is 32.1 Å². The van der Waals surface area contributed by atoms with E-state index in [-0.39, 0.29) is 50.7 Å². The Morgan fingerprint density at radius 1 is 1.09 bits per heavy atom. The monoisotopic (exact) mass is 715 g/mol. The van der Waals surface area contributed by atoms with Crippen molar-refractivity contribution in [3.05, 3.63) is 87.7 Å². The van der Waals surface area contributed by atoms with E-state index in [0.29, 0.717) is 16.5 Å². The van der Waals surface area contributed by atoms with Crippen LogP contribution in [0.15, 0.2) is 65.8 Å². The van der Waals surface area contributed by atoms with E-state index in [2.05, 4.69) is 10.3 Å². The highest BCUT2D eigenvalue weighted by molar-refractivity contribution is 8.00. The molecule has 5 rings (SSSR count). The molecule has 3 aromatic rings. The van der Waals surface area contributed by atoms with Crippen LogP contribution in [0.1, 0.15) is 53.6 Å². The quantitative estimate of drug-likeness (QED) is 0.216. The number of sulfonamides is 1. The Balaban J connectivity index is 1.24. The summed E-state index contributed by atoms with van der Waals surface area (Å²) in [6.07, 6.45) is 7.09. The zero-order valence-corrected chi connectivity index (χ0v) is 28.1. The highest BCUT2D eigenvalue weighted by atomic mass is 35.5. The molecule has 11 nitrogen and oxygen atoms in total. The lowest BCUT2D eigenvalue weighted by molar-refractivity contribution is -0.162. The molecule has 1 aromatic heterocycles. The van der Waals surface area contributed by atoms with E-state index in [4.69, 9.17) is 33.7 Å². The average Bonchev–Trinajstić information content (AvgIpc) is 3.73. The minimum absolute atomic E-state index is 0.0101. The molecule has 246 valence electrons. The van der Waals surface area contributed by atoms with E-state index in [1.807, 2.05) is 6.07 Å². The Kier molecular flexibility index (Phi) is 11.2. The van der Waals surface area contributed by atoms with Crippen molar-refractivity contribution >= 4 is 68.5 Å². The molecule has 1 saturated heterocycles. The third-order valence-electron chi connectivity index (χ3n) is 8.00. The Hall–Kier alpha value is -3.51. The highest BCUT2D eigenvalue weighted by Gasteiger charge is 2.46. The van der Waals surface area contributed by atoms with Crippen LogP contribution in [0.25, 0.3) is 0 Å². The first kappa shape index (κ1) is 34.8. The van der Waals surface area contributed by atoms with Gasteiger partial charge in [0, 0.05) is 35.1 Å². The molecule has 3 atom stereocenters. The molecule has 15 heteroatoms. The lowest BCUT2D eigenvalue weighted by Gasteiger charge is -2.23. The number of hydrogen-bond acceptors (Lipinski definition) is 10. The summed E-state index contributed by atoms with van der Waals surface area (Å²) < 4.78 is 33.7. The lowest BCUT2D eigenvalue weighted by Crippen LogP contribution is -2.44. The van der Waals surface area contributed by atoms with Gasteiger partial charge >= 0.3 is 11.9 Å². The molecule has 1 aliphatic carbocycles. The van der Waals surface area contributed by atoms with Crippen molar-refractivity contribution in [1.29, 1.82) is 5.26 Å². The second-order valence-electron chi connectivity index (χ2n) is 11.3. The third kappa shape index (κ3) is 8.32. The van der Waals surface area contributed by atoms with Crippen molar-refractivity contribution in [3.8, 4) is 6.07 Å². The minimum atomic E-state index is -4.19. The summed E-state index contributed by atoms with van der Waals surface area (Å²) in [5, 5.41) is 12.4. The number of halogens is 2. The maximum absolute atomic E-state index is 13.7. The first-order valence-corrected chi connectivity index (χ1v) is 18.0. The van der Waals surface area contributed by atoms with Gasteiger partial charge in [0.15, 0.2) is 0 Å². The number of nitrogens with one attached hydrogen (secondary N) is 1. The van der Waals surface area contributed by atoms with Gasteiger partial charge in [-0.15, -0.1) is 0 Å². The van der Waals surface area contributed by atoms with Crippen LogP contribution < -0.4 is 11.1 Å². The highest BCUT2D eigenvalue weighted by Crippen LogP contribution is 2.39. The first-order valence-electron chi connectivity index (χ1n) is 14.8. The molecule has 2 aromatic carbocycles. The minimum Gasteiger partial charge on any atom is -0.391 e. The maximum Gasteiger partial charge on any atom is 0.332 e. The molecule has 1 aliphatic heterocycles. The summed E-state index contributed by atoms with van der Waals surface area (Å²) in [6.45, 7) is 0.0722. The second kappa shape index (κ2) is 15.1. The number of nitriles is 1. The van der Waals surface area contributed by atoms with Crippen LogP contribution in [0.5, 0.6) is 0 Å². The van der Waals surface area contributed by atoms with Gasteiger partial charge in [-0.2, -0.15) is 21.3 Å². The summed E-state index contributed by atoms with van der Waals surface area (Å²) in [4.78, 5) is 42.7. The smallest absolute Gasteiger partial charge is 0.332 e. The molecule has 3 N–H and O–H groups in total. The Labute approximate surface area is 286 Å². The Morgan fingerprint density at radius 3 is 2.43 bits per heavy atom. The van der Waals surface area contributed by atoms with Gasteiger partial charge in [-0.25, -0.2) is 18.0 Å². The molecule has 0 bridgehead atoms. The predicted molar refractivity (Wildman–Crippen MR) is 179 cm³/mol. The van der Waals surface area contributed by atoms with Gasteiger partial charge in [0.1, 0.15) is 12.1 Å². The Morgan fingerprint density at radius 2 is 1.77 bits per heavy atom. The van der Waals surface area contributed by atoms with Crippen molar-refractivity contribution in [2.45, 2.75) is 66.0 Å². The van der Waals surface area contributed by atoms with Crippen LogP contribution in [-0.2, 0) is 30.8 Å². The number of anilines is 1. The zero-order chi connectivity index (χ0) is 33.7. The fourth-order valence-corrected chi connectivity index (χ4v) is 9.63. The fraction of sp³-hybridized carbons (Fsp3) is 0.344. The summed E-state index contributed by atoms with van der Waals surface area (Å²) >= 11 is 13.8. The largest absolute Gasteiger partial charge is 0.391 e. The number of aromatic nitrogens is 1. The second-order valence-corrected chi connectivity index (χ2v) is 15.6. The van der Waals surface area contributed by atoms with Crippen molar-refractivity contribution in [2.24, 2.45) is 5.73 Å². The molecule has 2 heterocycles. The van der Waals surface area contributed by atoms with Crippen LogP contribution in [0.3, 0.4) is 0 Å². The van der Waals surface area contributed by atoms with Crippen LogP contribution in [0.4, 0.5) is 5.69 Å². The molecule has 2 fully saturated rings. The fourth-order valence-electron chi connectivity index (χ4n) is 5.63. The number of rotatable bonds is 10. The standard InChI is InChI=1S/C32H31Cl2N5O6S2/c33-25-16-37-17-26(34)29(25)30(40)38-21-10-8-19(9-11-21)13-27(36)31(41)45-32(42)28-14-23(46-22-5-1-2-6-22)18-39(28)47(43,44)24-7-3-4-20(12-24)15-35/h3-4,7-12,16-17,22-23,27-28H,1-2,5-6,13-14,18,36H2,(H,38,40)/t23-,27+,28+/m1/s1. The Bertz CT molecular complexity index is 1790. The molecule has 1 amide bonds. The number of nitrogens with two attached hydrogens (primary N) is 1. The van der Waals surface area contributed by atoms with Gasteiger partial charge in [-0.05, 0) is 61.6 Å². The van der Waals surface area contributed by atoms with Crippen molar-refractivity contribution in [1.82, 2.24) is 9.29 Å². The topological polar surface area (TPSA) is 173 Å². The molecular formula is C32H31Cl2N5O6S2. The molecule has 0 unspecified atom stereocenters. The number of benzene rings is 2. The third-order valence-corrected chi connectivity index (χ3v) is 12.0. The van der Waals surface area contributed by atoms with Crippen LogP contribution in [0, 0.1) is 11.3 Å². The summed E-state index contributed by atoms with van der Waals surface area (Å²) in [6, 6.07) is 11.6. The molecule has 2 aliphatic rings. The predicted octanol–water partition coefficient (Wildman–Crippen LogP) is 4.96. The van der Waals surface area contributed by atoms with Gasteiger partial charge in [-0.1, -0.05) is 54.2 Å². The molecular weight excluding hydrogens is 685 g/mol. The number of nitrogens with zero attached hydrogens (tertiary/aromatic N) is 3. The van der Waals surface area contributed by atoms with Crippen molar-refractivity contribution < 1.29 is 27.5 Å². The van der Waals surface area contributed by atoms with Gasteiger partial charge in [0.2, 0.25) is 10.0 Å². The van der Waals surface area contributed by atoms with E-state index in [0.717, 1.165) is 30.0 Å². The number of esters is 2. The molecule has 0 spiro atoms. The summed E-state index contributed by atoms with van der Waals surface area (Å²) in [7, 11) is -4.19. The number of carbonyl (C=O) groups excluding carboxylic acids is 3. The van der Waals surface area contributed by atoms with E-state index >= 15 is 0 Å². The number of thioether (sulfide) groups is 1. The van der Waals surface area contributed by atoms with Gasteiger partial charge in [-0.3, -0.25) is 9.78 Å². The lowest BCUT2D eigenvalue weighted by atomic mass is 10.1. The van der Waals surface area contributed by atoms with E-state index < -0.39 is 40.0 Å². The first-order chi connectivity index (χ1) is 22.5. The molecule has 0 radical (unpaired) electrons. The van der Waals surface area contributed by atoms with E-state index in [9.17, 15) is 28.1 Å². The number of ether oxygens (including phenoxy) is 1.